The van der Waals surface area contributed by atoms with Crippen LogP contribution in [-0.4, -0.2) is 25.0 Å². The minimum Gasteiger partial charge on any atom is -0.478 e. The monoisotopic (exact) mass is 484 g/mol. The molecule has 0 spiro atoms. The van der Waals surface area contributed by atoms with Crippen LogP contribution in [0.2, 0.25) is 0 Å². The predicted molar refractivity (Wildman–Crippen MR) is 146 cm³/mol. The van der Waals surface area contributed by atoms with Gasteiger partial charge < -0.3 is 9.47 Å². The molecular formula is C33H28N2O2. The van der Waals surface area contributed by atoms with Gasteiger partial charge in [0.25, 0.3) is 0 Å². The van der Waals surface area contributed by atoms with Crippen LogP contribution in [0.5, 0.6) is 0 Å². The van der Waals surface area contributed by atoms with Crippen LogP contribution < -0.4 is 0 Å². The maximum atomic E-state index is 6.49. The van der Waals surface area contributed by atoms with Gasteiger partial charge in [0.05, 0.1) is 0 Å². The molecule has 3 aliphatic rings. The molecule has 0 N–H and O–H groups in total. The van der Waals surface area contributed by atoms with Crippen molar-refractivity contribution >= 4 is 11.8 Å². The Morgan fingerprint density at radius 1 is 0.459 bits per heavy atom. The highest BCUT2D eigenvalue weighted by Gasteiger charge is 2.75. The molecule has 37 heavy (non-hydrogen) atoms. The first-order valence-electron chi connectivity index (χ1n) is 13.0. The third-order valence-electron chi connectivity index (χ3n) is 7.90. The topological polar surface area (TPSA) is 43.2 Å². The van der Waals surface area contributed by atoms with Gasteiger partial charge in [0, 0.05) is 11.8 Å². The summed E-state index contributed by atoms with van der Waals surface area (Å²) in [4.78, 5) is 10.4. The van der Waals surface area contributed by atoms with E-state index < -0.39 is 5.41 Å². The van der Waals surface area contributed by atoms with Crippen LogP contribution in [0.3, 0.4) is 0 Å². The van der Waals surface area contributed by atoms with Crippen molar-refractivity contribution in [1.29, 1.82) is 0 Å². The van der Waals surface area contributed by atoms with E-state index in [2.05, 4.69) is 109 Å². The van der Waals surface area contributed by atoms with E-state index in [0.29, 0.717) is 13.2 Å². The minimum absolute atomic E-state index is 0.0338. The molecule has 0 radical (unpaired) electrons. The standard InChI is InChI=1S/C33H28N2O2/c1-5-13-23(14-6-1)27-21-36-31(34-27)33(32-35-28(22-37-32)24-15-7-2-8-16-24)29(25-17-9-3-10-18-25)30(33)26-19-11-4-12-20-26/h1-20,27-30H,21-22H2/t27-,28-,29-,30-/m0/s1. The molecule has 4 nitrogen and oxygen atoms in total. The fourth-order valence-electron chi connectivity index (χ4n) is 6.14. The third kappa shape index (κ3) is 3.67. The highest BCUT2D eigenvalue weighted by molar-refractivity contribution is 6.13. The zero-order chi connectivity index (χ0) is 24.7. The summed E-state index contributed by atoms with van der Waals surface area (Å²) in [6, 6.07) is 42.1. The Morgan fingerprint density at radius 2 is 0.784 bits per heavy atom. The van der Waals surface area contributed by atoms with Crippen LogP contribution in [0.4, 0.5) is 0 Å². The minimum atomic E-state index is -0.574. The number of rotatable bonds is 6. The summed E-state index contributed by atoms with van der Waals surface area (Å²) < 4.78 is 13.0. The van der Waals surface area contributed by atoms with Crippen molar-refractivity contribution in [2.45, 2.75) is 23.9 Å². The van der Waals surface area contributed by atoms with Crippen LogP contribution in [-0.2, 0) is 9.47 Å². The molecule has 4 aromatic carbocycles. The molecule has 1 saturated carbocycles. The Balaban J connectivity index is 1.38. The van der Waals surface area contributed by atoms with E-state index in [1.54, 1.807) is 0 Å². The zero-order valence-corrected chi connectivity index (χ0v) is 20.5. The van der Waals surface area contributed by atoms with Crippen LogP contribution in [0.1, 0.15) is 46.2 Å². The van der Waals surface area contributed by atoms with Gasteiger partial charge in [-0.1, -0.05) is 121 Å². The molecule has 0 amide bonds. The molecule has 4 atom stereocenters. The number of ether oxygens (including phenoxy) is 2. The molecule has 4 heteroatoms. The van der Waals surface area contributed by atoms with Crippen LogP contribution >= 0.6 is 0 Å². The van der Waals surface area contributed by atoms with Gasteiger partial charge in [0.15, 0.2) is 0 Å². The third-order valence-corrected chi connectivity index (χ3v) is 7.90. The van der Waals surface area contributed by atoms with Crippen LogP contribution in [0.25, 0.3) is 0 Å². The molecule has 182 valence electrons. The van der Waals surface area contributed by atoms with Gasteiger partial charge in [-0.2, -0.15) is 0 Å². The first kappa shape index (κ1) is 22.1. The molecule has 7 rings (SSSR count). The lowest BCUT2D eigenvalue weighted by molar-refractivity contribution is 0.278. The lowest BCUT2D eigenvalue weighted by atomic mass is 9.96. The first-order chi connectivity index (χ1) is 18.4. The van der Waals surface area contributed by atoms with Crippen molar-refractivity contribution in [3.8, 4) is 0 Å². The van der Waals surface area contributed by atoms with E-state index in [0.717, 1.165) is 22.9 Å². The molecule has 1 aliphatic carbocycles. The maximum absolute atomic E-state index is 6.49. The van der Waals surface area contributed by atoms with E-state index >= 15 is 0 Å². The summed E-state index contributed by atoms with van der Waals surface area (Å²) in [5, 5.41) is 0. The van der Waals surface area contributed by atoms with Crippen LogP contribution in [0.15, 0.2) is 131 Å². The second-order valence-corrected chi connectivity index (χ2v) is 9.99. The van der Waals surface area contributed by atoms with Crippen molar-refractivity contribution in [1.82, 2.24) is 0 Å². The van der Waals surface area contributed by atoms with E-state index in [4.69, 9.17) is 19.5 Å². The summed E-state index contributed by atoms with van der Waals surface area (Å²) in [5.74, 6) is 1.74. The van der Waals surface area contributed by atoms with Crippen molar-refractivity contribution < 1.29 is 9.47 Å². The number of hydrogen-bond acceptors (Lipinski definition) is 4. The van der Waals surface area contributed by atoms with Gasteiger partial charge in [0.2, 0.25) is 11.8 Å². The van der Waals surface area contributed by atoms with Gasteiger partial charge in [-0.25, -0.2) is 9.98 Å². The van der Waals surface area contributed by atoms with E-state index in [1.165, 1.54) is 11.1 Å². The average molecular weight is 485 g/mol. The second-order valence-electron chi connectivity index (χ2n) is 9.99. The van der Waals surface area contributed by atoms with Gasteiger partial charge in [0.1, 0.15) is 30.7 Å². The molecule has 1 fully saturated rings. The Labute approximate surface area is 217 Å². The molecule has 0 bridgehead atoms. The molecular weight excluding hydrogens is 456 g/mol. The molecule has 0 unspecified atom stereocenters. The summed E-state index contributed by atoms with van der Waals surface area (Å²) in [5.41, 5.74) is 4.26. The quantitative estimate of drug-likeness (QED) is 0.299. The largest absolute Gasteiger partial charge is 0.478 e. The number of benzene rings is 4. The average Bonchev–Trinajstić information content (AvgIpc) is 3.30. The van der Waals surface area contributed by atoms with E-state index in [-0.39, 0.29) is 23.9 Å². The highest BCUT2D eigenvalue weighted by atomic mass is 16.5. The predicted octanol–water partition coefficient (Wildman–Crippen LogP) is 6.89. The smallest absolute Gasteiger partial charge is 0.201 e. The van der Waals surface area contributed by atoms with Crippen molar-refractivity contribution in [2.24, 2.45) is 15.4 Å². The Kier molecular flexibility index (Phi) is 5.39. The van der Waals surface area contributed by atoms with Crippen molar-refractivity contribution in [3.63, 3.8) is 0 Å². The number of nitrogens with zero attached hydrogens (tertiary/aromatic N) is 2. The fraction of sp³-hybridized carbons (Fsp3) is 0.212. The zero-order valence-electron chi connectivity index (χ0n) is 20.5. The molecule has 0 saturated heterocycles. The Morgan fingerprint density at radius 3 is 1.14 bits per heavy atom. The summed E-state index contributed by atoms with van der Waals surface area (Å²) >= 11 is 0. The number of hydrogen-bond donors (Lipinski definition) is 0. The Bertz CT molecular complexity index is 1320. The van der Waals surface area contributed by atoms with Gasteiger partial charge in [-0.15, -0.1) is 0 Å². The van der Waals surface area contributed by atoms with Gasteiger partial charge in [-0.3, -0.25) is 0 Å². The summed E-state index contributed by atoms with van der Waals surface area (Å²) in [6.07, 6.45) is 0. The molecule has 2 aliphatic heterocycles. The fourth-order valence-corrected chi connectivity index (χ4v) is 6.14. The molecule has 4 aromatic rings. The van der Waals surface area contributed by atoms with Crippen LogP contribution in [0, 0.1) is 5.41 Å². The Hall–Kier alpha value is -4.18. The van der Waals surface area contributed by atoms with Gasteiger partial charge in [-0.05, 0) is 22.3 Å². The normalized spacial score (nSPS) is 25.5. The lowest BCUT2D eigenvalue weighted by Crippen LogP contribution is -2.30. The molecule has 0 aromatic heterocycles. The lowest BCUT2D eigenvalue weighted by Gasteiger charge is -2.18. The molecule has 2 heterocycles. The summed E-state index contributed by atoms with van der Waals surface area (Å²) in [7, 11) is 0. The summed E-state index contributed by atoms with van der Waals surface area (Å²) in [6.45, 7) is 1.05. The highest BCUT2D eigenvalue weighted by Crippen LogP contribution is 2.73. The van der Waals surface area contributed by atoms with Crippen molar-refractivity contribution in [3.05, 3.63) is 144 Å². The van der Waals surface area contributed by atoms with E-state index in [9.17, 15) is 0 Å². The second kappa shape index (κ2) is 9.04. The number of aliphatic imine (C=N–C) groups is 2. The first-order valence-corrected chi connectivity index (χ1v) is 13.0. The SMILES string of the molecule is c1ccc([C@@H]2COC(C3(C4=N[C@H](c5ccccc5)CO4)[C@@H](c4ccccc4)[C@@H]3c3ccccc3)=N2)cc1. The van der Waals surface area contributed by atoms with Gasteiger partial charge >= 0.3 is 0 Å². The van der Waals surface area contributed by atoms with E-state index in [1.807, 2.05) is 12.1 Å². The maximum Gasteiger partial charge on any atom is 0.201 e. The van der Waals surface area contributed by atoms with Crippen molar-refractivity contribution in [2.75, 3.05) is 13.2 Å².